The highest BCUT2D eigenvalue weighted by atomic mass is 16.7. The molecule has 6 nitrogen and oxygen atoms in total. The van der Waals surface area contributed by atoms with E-state index < -0.39 is 12.2 Å². The van der Waals surface area contributed by atoms with Crippen LogP contribution in [0.4, 0.5) is 0 Å². The Kier molecular flexibility index (Phi) is 2.44. The number of hydrogen-bond donors (Lipinski definition) is 4. The van der Waals surface area contributed by atoms with E-state index in [2.05, 4.69) is 4.99 Å². The lowest BCUT2D eigenvalue weighted by Crippen LogP contribution is -2.40. The van der Waals surface area contributed by atoms with Gasteiger partial charge in [0.1, 0.15) is 0 Å². The maximum Gasteiger partial charge on any atom is 0.325 e. The third kappa shape index (κ3) is 2.91. The molecule has 0 bridgehead atoms. The molecule has 0 fully saturated rings. The summed E-state index contributed by atoms with van der Waals surface area (Å²) in [5.74, 6) is -3.36. The first kappa shape index (κ1) is 8.22. The second-order valence-corrected chi connectivity index (χ2v) is 1.28. The van der Waals surface area contributed by atoms with Gasteiger partial charge in [-0.15, -0.1) is 0 Å². The second-order valence-electron chi connectivity index (χ2n) is 1.28. The SMILES string of the molecule is O=C=NC(O)C(O)(O)O. The van der Waals surface area contributed by atoms with Crippen LogP contribution in [-0.4, -0.2) is 38.7 Å². The van der Waals surface area contributed by atoms with Crippen molar-refractivity contribution in [3.63, 3.8) is 0 Å². The van der Waals surface area contributed by atoms with Gasteiger partial charge in [-0.25, -0.2) is 4.79 Å². The van der Waals surface area contributed by atoms with E-state index in [0.29, 0.717) is 0 Å². The largest absolute Gasteiger partial charge is 0.365 e. The second kappa shape index (κ2) is 2.67. The summed E-state index contributed by atoms with van der Waals surface area (Å²) in [7, 11) is 0. The highest BCUT2D eigenvalue weighted by Gasteiger charge is 2.29. The summed E-state index contributed by atoms with van der Waals surface area (Å²) in [5.41, 5.74) is 0. The predicted octanol–water partition coefficient (Wildman–Crippen LogP) is -2.73. The number of aliphatic hydroxyl groups excluding tert-OH is 1. The van der Waals surface area contributed by atoms with Crippen LogP contribution in [0, 0.1) is 0 Å². The molecule has 0 spiro atoms. The van der Waals surface area contributed by atoms with E-state index in [-0.39, 0.29) is 0 Å². The van der Waals surface area contributed by atoms with Gasteiger partial charge in [0.15, 0.2) is 0 Å². The molecule has 0 aliphatic carbocycles. The predicted molar refractivity (Wildman–Crippen MR) is 23.5 cm³/mol. The monoisotopic (exact) mass is 135 g/mol. The highest BCUT2D eigenvalue weighted by molar-refractivity contribution is 5.33. The van der Waals surface area contributed by atoms with Crippen LogP contribution in [0.2, 0.25) is 0 Å². The lowest BCUT2D eigenvalue weighted by atomic mass is 10.5. The molecule has 0 aromatic rings. The Labute approximate surface area is 49.7 Å². The maximum atomic E-state index is 9.28. The molecule has 0 radical (unpaired) electrons. The van der Waals surface area contributed by atoms with Crippen molar-refractivity contribution in [2.75, 3.05) is 0 Å². The van der Waals surface area contributed by atoms with Crippen LogP contribution in [0.1, 0.15) is 0 Å². The summed E-state index contributed by atoms with van der Waals surface area (Å²) in [4.78, 5) is 11.7. The van der Waals surface area contributed by atoms with Crippen molar-refractivity contribution in [2.45, 2.75) is 12.2 Å². The van der Waals surface area contributed by atoms with Crippen molar-refractivity contribution in [1.82, 2.24) is 0 Å². The van der Waals surface area contributed by atoms with Crippen LogP contribution < -0.4 is 0 Å². The molecule has 0 saturated heterocycles. The van der Waals surface area contributed by atoms with Crippen LogP contribution in [0.3, 0.4) is 0 Å². The van der Waals surface area contributed by atoms with E-state index in [1.807, 2.05) is 0 Å². The lowest BCUT2D eigenvalue weighted by Gasteiger charge is -2.14. The minimum absolute atomic E-state index is 0.819. The van der Waals surface area contributed by atoms with Gasteiger partial charge in [0.05, 0.1) is 0 Å². The number of aliphatic imine (C=N–C) groups is 1. The molecule has 0 saturated carbocycles. The molecule has 0 aromatic carbocycles. The summed E-state index contributed by atoms with van der Waals surface area (Å²) in [5, 5.41) is 32.2. The van der Waals surface area contributed by atoms with Crippen molar-refractivity contribution >= 4 is 6.08 Å². The Balaban J connectivity index is 4.03. The third-order valence-corrected chi connectivity index (χ3v) is 0.521. The molecule has 9 heavy (non-hydrogen) atoms. The molecular weight excluding hydrogens is 130 g/mol. The van der Waals surface area contributed by atoms with E-state index in [9.17, 15) is 4.79 Å². The Bertz CT molecular complexity index is 132. The molecule has 6 heteroatoms. The smallest absolute Gasteiger partial charge is 0.325 e. The van der Waals surface area contributed by atoms with Crippen molar-refractivity contribution in [2.24, 2.45) is 4.99 Å². The Morgan fingerprint density at radius 1 is 1.44 bits per heavy atom. The van der Waals surface area contributed by atoms with Gasteiger partial charge >= 0.3 is 5.97 Å². The summed E-state index contributed by atoms with van der Waals surface area (Å²) in [6.07, 6.45) is -1.45. The molecule has 1 atom stereocenters. The van der Waals surface area contributed by atoms with Crippen LogP contribution in [0.15, 0.2) is 4.99 Å². The zero-order valence-corrected chi connectivity index (χ0v) is 4.22. The Morgan fingerprint density at radius 2 is 1.89 bits per heavy atom. The lowest BCUT2D eigenvalue weighted by molar-refractivity contribution is -0.352. The summed E-state index contributed by atoms with van der Waals surface area (Å²) >= 11 is 0. The maximum absolute atomic E-state index is 9.28. The van der Waals surface area contributed by atoms with E-state index in [4.69, 9.17) is 20.4 Å². The van der Waals surface area contributed by atoms with Crippen molar-refractivity contribution in [1.29, 1.82) is 0 Å². The molecule has 52 valence electrons. The summed E-state index contributed by atoms with van der Waals surface area (Å²) in [6.45, 7) is 0. The van der Waals surface area contributed by atoms with Crippen molar-refractivity contribution < 1.29 is 25.2 Å². The van der Waals surface area contributed by atoms with Gasteiger partial charge in [0, 0.05) is 0 Å². The molecule has 0 aliphatic rings. The molecular formula is C3H5NO5. The van der Waals surface area contributed by atoms with Gasteiger partial charge in [0.25, 0.3) is 0 Å². The number of hydrogen-bond acceptors (Lipinski definition) is 6. The fourth-order valence-electron chi connectivity index (χ4n) is 0.137. The molecule has 4 N–H and O–H groups in total. The quantitative estimate of drug-likeness (QED) is 0.187. The number of rotatable bonds is 2. The fraction of sp³-hybridized carbons (Fsp3) is 0.667. The zero-order chi connectivity index (χ0) is 7.49. The Morgan fingerprint density at radius 3 is 2.00 bits per heavy atom. The van der Waals surface area contributed by atoms with Crippen LogP contribution in [0.25, 0.3) is 0 Å². The minimum Gasteiger partial charge on any atom is -0.365 e. The summed E-state index contributed by atoms with van der Waals surface area (Å²) < 4.78 is 0. The highest BCUT2D eigenvalue weighted by Crippen LogP contribution is 2.00. The number of carbonyl (C=O) groups excluding carboxylic acids is 1. The van der Waals surface area contributed by atoms with Gasteiger partial charge in [-0.3, -0.25) is 0 Å². The normalized spacial score (nSPS) is 14.2. The van der Waals surface area contributed by atoms with Gasteiger partial charge in [-0.1, -0.05) is 0 Å². The van der Waals surface area contributed by atoms with Crippen molar-refractivity contribution in [3.8, 4) is 0 Å². The number of nitrogens with zero attached hydrogens (tertiary/aromatic N) is 1. The fourth-order valence-corrected chi connectivity index (χ4v) is 0.137. The average molecular weight is 135 g/mol. The third-order valence-electron chi connectivity index (χ3n) is 0.521. The molecule has 0 heterocycles. The molecule has 0 aromatic heterocycles. The molecule has 1 unspecified atom stereocenters. The molecule has 0 amide bonds. The molecule has 0 rings (SSSR count). The van der Waals surface area contributed by atoms with Crippen LogP contribution in [0.5, 0.6) is 0 Å². The standard InChI is InChI=1S/C3H5NO5/c5-1-4-2(6)3(7,8)9/h2,6-9H. The van der Waals surface area contributed by atoms with Gasteiger partial charge in [0.2, 0.25) is 12.3 Å². The van der Waals surface area contributed by atoms with Gasteiger partial charge in [-0.2, -0.15) is 4.99 Å². The summed E-state index contributed by atoms with van der Waals surface area (Å²) in [6, 6.07) is 0. The van der Waals surface area contributed by atoms with E-state index in [0.717, 1.165) is 6.08 Å². The number of isocyanates is 1. The van der Waals surface area contributed by atoms with Crippen molar-refractivity contribution in [3.05, 3.63) is 0 Å². The van der Waals surface area contributed by atoms with E-state index in [1.165, 1.54) is 0 Å². The average Bonchev–Trinajstić information content (AvgIpc) is 1.64. The zero-order valence-electron chi connectivity index (χ0n) is 4.22. The van der Waals surface area contributed by atoms with E-state index in [1.54, 1.807) is 0 Å². The first-order valence-corrected chi connectivity index (χ1v) is 1.90. The van der Waals surface area contributed by atoms with Crippen LogP contribution >= 0.6 is 0 Å². The van der Waals surface area contributed by atoms with Gasteiger partial charge in [-0.05, 0) is 0 Å². The van der Waals surface area contributed by atoms with Crippen LogP contribution in [-0.2, 0) is 4.79 Å². The van der Waals surface area contributed by atoms with E-state index >= 15 is 0 Å². The first-order valence-electron chi connectivity index (χ1n) is 1.90. The molecule has 0 aliphatic heterocycles. The first-order chi connectivity index (χ1) is 3.98. The number of aliphatic hydroxyl groups is 4. The Hall–Kier alpha value is -0.780. The minimum atomic E-state index is -3.36. The topological polar surface area (TPSA) is 110 Å². The van der Waals surface area contributed by atoms with Gasteiger partial charge < -0.3 is 20.4 Å².